The molecular formula is C8H12IN3O4. The number of quaternary nitrogens is 1. The second-order valence-corrected chi connectivity index (χ2v) is 5.60. The molecule has 1 amide bonds. The summed E-state index contributed by atoms with van der Waals surface area (Å²) in [5.41, 5.74) is 0. The molecule has 6 atom stereocenters. The average Bonchev–Trinajstić information content (AvgIpc) is 2.81. The maximum Gasteiger partial charge on any atom is 0.433 e. The molecule has 1 heterocycles. The first kappa shape index (κ1) is 11.0. The van der Waals surface area contributed by atoms with Crippen LogP contribution in [0.3, 0.4) is 0 Å². The van der Waals surface area contributed by atoms with Gasteiger partial charge in [-0.3, -0.25) is 0 Å². The standard InChI is InChI=1S/C8H12IN3O4/c9-11(10)8(13)15-6-3-1-4-5(2-3)12(14)16-7(4)6/h3-7,12H,1-2,10H2. The molecule has 0 aromatic rings. The highest BCUT2D eigenvalue weighted by atomic mass is 127. The van der Waals surface area contributed by atoms with Crippen LogP contribution in [0, 0.1) is 17.0 Å². The lowest BCUT2D eigenvalue weighted by atomic mass is 9.92. The van der Waals surface area contributed by atoms with Gasteiger partial charge < -0.3 is 9.94 Å². The minimum absolute atomic E-state index is 0.0403. The zero-order chi connectivity index (χ0) is 11.4. The highest BCUT2D eigenvalue weighted by Gasteiger charge is 2.64. The molecule has 3 fully saturated rings. The normalized spacial score (nSPS) is 48.4. The summed E-state index contributed by atoms with van der Waals surface area (Å²) in [6.07, 6.45) is 0.574. The van der Waals surface area contributed by atoms with Crippen LogP contribution in [0.15, 0.2) is 0 Å². The van der Waals surface area contributed by atoms with E-state index in [0.717, 1.165) is 16.1 Å². The van der Waals surface area contributed by atoms with Crippen LogP contribution in [0.4, 0.5) is 4.79 Å². The Morgan fingerprint density at radius 2 is 2.38 bits per heavy atom. The zero-order valence-electron chi connectivity index (χ0n) is 8.34. The molecule has 2 saturated carbocycles. The van der Waals surface area contributed by atoms with Crippen LogP contribution >= 0.6 is 22.9 Å². The number of hydrogen-bond donors (Lipinski definition) is 2. The lowest BCUT2D eigenvalue weighted by molar-refractivity contribution is -1.06. The maximum absolute atomic E-state index is 11.5. The highest BCUT2D eigenvalue weighted by molar-refractivity contribution is 14.1. The van der Waals surface area contributed by atoms with E-state index >= 15 is 0 Å². The third kappa shape index (κ3) is 1.44. The van der Waals surface area contributed by atoms with Crippen molar-refractivity contribution in [2.75, 3.05) is 0 Å². The van der Waals surface area contributed by atoms with Gasteiger partial charge in [0.05, 0.1) is 28.8 Å². The van der Waals surface area contributed by atoms with Crippen LogP contribution in [0.5, 0.6) is 0 Å². The van der Waals surface area contributed by atoms with E-state index in [1.54, 1.807) is 22.9 Å². The van der Waals surface area contributed by atoms with Crippen LogP contribution in [0.25, 0.3) is 0 Å². The molecule has 3 N–H and O–H groups in total. The number of hydrogen-bond acceptors (Lipinski definition) is 5. The number of fused-ring (bicyclic) bond motifs is 1. The summed E-state index contributed by atoms with van der Waals surface area (Å²) in [5, 5.41) is 11.3. The molecule has 90 valence electrons. The Labute approximate surface area is 106 Å². The van der Waals surface area contributed by atoms with Crippen LogP contribution < -0.4 is 11.1 Å². The minimum Gasteiger partial charge on any atom is -0.600 e. The van der Waals surface area contributed by atoms with E-state index < -0.39 is 6.09 Å². The Balaban J connectivity index is 1.73. The molecular weight excluding hydrogens is 329 g/mol. The Bertz CT molecular complexity index is 328. The number of carbonyl (C=O) groups is 1. The van der Waals surface area contributed by atoms with Gasteiger partial charge in [-0.15, -0.1) is 0 Å². The second-order valence-electron chi connectivity index (χ2n) is 4.56. The van der Waals surface area contributed by atoms with Crippen LogP contribution in [0.1, 0.15) is 12.8 Å². The summed E-state index contributed by atoms with van der Waals surface area (Å²) < 4.78 is 6.14. The van der Waals surface area contributed by atoms with Crippen molar-refractivity contribution in [3.8, 4) is 0 Å². The topological polar surface area (TPSA) is 92.3 Å². The van der Waals surface area contributed by atoms with Crippen LogP contribution in [-0.2, 0) is 9.57 Å². The Morgan fingerprint density at radius 3 is 3.06 bits per heavy atom. The fourth-order valence-electron chi connectivity index (χ4n) is 3.23. The molecule has 0 aromatic carbocycles. The average molecular weight is 341 g/mol. The highest BCUT2D eigenvalue weighted by Crippen LogP contribution is 2.48. The summed E-state index contributed by atoms with van der Waals surface area (Å²) in [6.45, 7) is 0. The molecule has 8 heteroatoms. The van der Waals surface area contributed by atoms with E-state index in [9.17, 15) is 10.0 Å². The van der Waals surface area contributed by atoms with E-state index in [1.807, 2.05) is 0 Å². The zero-order valence-corrected chi connectivity index (χ0v) is 10.5. The van der Waals surface area contributed by atoms with Crippen LogP contribution in [-0.4, -0.2) is 27.6 Å². The predicted molar refractivity (Wildman–Crippen MR) is 59.5 cm³/mol. The molecule has 6 unspecified atom stereocenters. The minimum atomic E-state index is -0.586. The van der Waals surface area contributed by atoms with E-state index in [-0.39, 0.29) is 35.3 Å². The van der Waals surface area contributed by atoms with Crippen LogP contribution in [0.2, 0.25) is 0 Å². The van der Waals surface area contributed by atoms with Crippen molar-refractivity contribution in [3.05, 3.63) is 5.21 Å². The number of hydrazine groups is 1. The van der Waals surface area contributed by atoms with Gasteiger partial charge >= 0.3 is 6.09 Å². The van der Waals surface area contributed by atoms with Gasteiger partial charge in [0.15, 0.2) is 6.10 Å². The van der Waals surface area contributed by atoms with Gasteiger partial charge in [0, 0.05) is 12.3 Å². The number of nitrogens with zero attached hydrogens (tertiary/aromatic N) is 1. The Kier molecular flexibility index (Phi) is 2.51. The number of carbonyl (C=O) groups excluding carboxylic acids is 1. The molecule has 1 aliphatic heterocycles. The number of ether oxygens (including phenoxy) is 1. The van der Waals surface area contributed by atoms with Gasteiger partial charge in [0.2, 0.25) is 0 Å². The van der Waals surface area contributed by atoms with Crippen molar-refractivity contribution in [1.29, 1.82) is 0 Å². The third-order valence-corrected chi connectivity index (χ3v) is 4.22. The Morgan fingerprint density at radius 1 is 1.62 bits per heavy atom. The number of nitrogens with one attached hydrogen (secondary N) is 1. The molecule has 16 heavy (non-hydrogen) atoms. The molecule has 2 bridgehead atoms. The predicted octanol–water partition coefficient (Wildman–Crippen LogP) is -0.878. The van der Waals surface area contributed by atoms with E-state index in [1.165, 1.54) is 0 Å². The maximum atomic E-state index is 11.5. The van der Waals surface area contributed by atoms with Gasteiger partial charge in [-0.1, -0.05) is 0 Å². The number of rotatable bonds is 1. The van der Waals surface area contributed by atoms with Crippen molar-refractivity contribution in [2.45, 2.75) is 31.1 Å². The lowest BCUT2D eigenvalue weighted by Gasteiger charge is -2.23. The summed E-state index contributed by atoms with van der Waals surface area (Å²) in [6, 6.07) is 0.0403. The molecule has 3 rings (SSSR count). The molecule has 0 spiro atoms. The Hall–Kier alpha value is -0.160. The first-order valence-electron chi connectivity index (χ1n) is 5.19. The van der Waals surface area contributed by atoms with Crippen molar-refractivity contribution >= 4 is 29.0 Å². The van der Waals surface area contributed by atoms with Gasteiger partial charge in [-0.05, 0) is 6.42 Å². The smallest absolute Gasteiger partial charge is 0.433 e. The lowest BCUT2D eigenvalue weighted by Crippen LogP contribution is -3.08. The van der Waals surface area contributed by atoms with Gasteiger partial charge in [0.25, 0.3) is 0 Å². The summed E-state index contributed by atoms with van der Waals surface area (Å²) in [7, 11) is 0. The van der Waals surface area contributed by atoms with Gasteiger partial charge in [0.1, 0.15) is 12.1 Å². The van der Waals surface area contributed by atoms with Crippen molar-refractivity contribution in [3.63, 3.8) is 0 Å². The summed E-state index contributed by atoms with van der Waals surface area (Å²) in [5.74, 6) is 5.78. The second kappa shape index (κ2) is 3.67. The SMILES string of the molecule is NN(I)C(=O)OC1C2CC3C1O[NH+]([O-])C3C2. The fraction of sp³-hybridized carbons (Fsp3) is 0.875. The van der Waals surface area contributed by atoms with E-state index in [4.69, 9.17) is 15.4 Å². The molecule has 1 saturated heterocycles. The summed E-state index contributed by atoms with van der Waals surface area (Å²) in [4.78, 5) is 16.6. The molecule has 0 radical (unpaired) electrons. The largest absolute Gasteiger partial charge is 0.600 e. The number of nitrogens with two attached hydrogens (primary N) is 1. The van der Waals surface area contributed by atoms with Gasteiger partial charge in [-0.25, -0.2) is 15.9 Å². The fourth-order valence-corrected chi connectivity index (χ4v) is 3.35. The van der Waals surface area contributed by atoms with E-state index in [2.05, 4.69) is 0 Å². The molecule has 3 aliphatic rings. The number of hydroxylamine groups is 2. The monoisotopic (exact) mass is 341 g/mol. The summed E-state index contributed by atoms with van der Waals surface area (Å²) >= 11 is 1.65. The van der Waals surface area contributed by atoms with Crippen molar-refractivity contribution in [2.24, 2.45) is 17.7 Å². The molecule has 7 nitrogen and oxygen atoms in total. The first-order valence-corrected chi connectivity index (χ1v) is 6.16. The third-order valence-electron chi connectivity index (χ3n) is 3.83. The quantitative estimate of drug-likeness (QED) is 0.161. The molecule has 0 aromatic heterocycles. The number of halogens is 1. The van der Waals surface area contributed by atoms with E-state index in [0.29, 0.717) is 0 Å². The van der Waals surface area contributed by atoms with Gasteiger partial charge in [-0.2, -0.15) is 8.06 Å². The molecule has 2 aliphatic carbocycles. The van der Waals surface area contributed by atoms with Crippen molar-refractivity contribution in [1.82, 2.24) is 3.22 Å². The number of amides is 1. The first-order chi connectivity index (χ1) is 7.58. The van der Waals surface area contributed by atoms with Crippen molar-refractivity contribution < 1.29 is 19.6 Å².